The Morgan fingerprint density at radius 2 is 1.96 bits per heavy atom. The molecule has 0 fully saturated rings. The zero-order valence-corrected chi connectivity index (χ0v) is 15.6. The number of aryl methyl sites for hydroxylation is 1. The van der Waals surface area contributed by atoms with Crippen LogP contribution in [0.5, 0.6) is 5.75 Å². The van der Waals surface area contributed by atoms with Crippen molar-refractivity contribution in [2.45, 2.75) is 13.5 Å². The standard InChI is InChI=1S/C18H14Cl2N2O2S/c1-11-2-5-13(6-3-11)24-9-17-21-16(10-25-17)18(23)22-15-8-12(19)4-7-14(15)20/h2-8,10H,9H2,1H3,(H,22,23). The van der Waals surface area contributed by atoms with Gasteiger partial charge in [0.1, 0.15) is 23.1 Å². The molecule has 4 nitrogen and oxygen atoms in total. The summed E-state index contributed by atoms with van der Waals surface area (Å²) in [6, 6.07) is 12.6. The maximum Gasteiger partial charge on any atom is 0.275 e. The van der Waals surface area contributed by atoms with Gasteiger partial charge in [0, 0.05) is 10.4 Å². The van der Waals surface area contributed by atoms with Crippen LogP contribution in [0, 0.1) is 6.92 Å². The molecule has 0 saturated carbocycles. The summed E-state index contributed by atoms with van der Waals surface area (Å²) >= 11 is 13.3. The van der Waals surface area contributed by atoms with Crippen LogP contribution >= 0.6 is 34.5 Å². The highest BCUT2D eigenvalue weighted by Crippen LogP contribution is 2.26. The molecule has 3 aromatic rings. The van der Waals surface area contributed by atoms with E-state index in [0.717, 1.165) is 5.75 Å². The second kappa shape index (κ2) is 7.87. The van der Waals surface area contributed by atoms with Crippen molar-refractivity contribution in [2.75, 3.05) is 5.32 Å². The number of hydrogen-bond donors (Lipinski definition) is 1. The molecule has 1 aromatic heterocycles. The average Bonchev–Trinajstić information content (AvgIpc) is 3.07. The fourth-order valence-corrected chi connectivity index (χ4v) is 3.06. The van der Waals surface area contributed by atoms with Crippen LogP contribution in [0.4, 0.5) is 5.69 Å². The number of thiazole rings is 1. The van der Waals surface area contributed by atoms with E-state index in [1.807, 2.05) is 31.2 Å². The van der Waals surface area contributed by atoms with Crippen molar-refractivity contribution < 1.29 is 9.53 Å². The lowest BCUT2D eigenvalue weighted by molar-refractivity contribution is 0.102. The van der Waals surface area contributed by atoms with Crippen molar-refractivity contribution in [1.82, 2.24) is 4.98 Å². The number of rotatable bonds is 5. The topological polar surface area (TPSA) is 51.2 Å². The summed E-state index contributed by atoms with van der Waals surface area (Å²) in [4.78, 5) is 16.6. The predicted molar refractivity (Wildman–Crippen MR) is 102 cm³/mol. The summed E-state index contributed by atoms with van der Waals surface area (Å²) < 4.78 is 5.67. The summed E-state index contributed by atoms with van der Waals surface area (Å²) in [5, 5.41) is 6.01. The largest absolute Gasteiger partial charge is 0.486 e. The summed E-state index contributed by atoms with van der Waals surface area (Å²) in [6.45, 7) is 2.32. The molecule has 0 atom stereocenters. The highest BCUT2D eigenvalue weighted by atomic mass is 35.5. The van der Waals surface area contributed by atoms with Crippen LogP contribution in [-0.2, 0) is 6.61 Å². The molecule has 2 aromatic carbocycles. The minimum atomic E-state index is -0.345. The van der Waals surface area contributed by atoms with Crippen LogP contribution in [0.2, 0.25) is 10.0 Å². The van der Waals surface area contributed by atoms with E-state index in [1.165, 1.54) is 16.9 Å². The maximum absolute atomic E-state index is 12.3. The van der Waals surface area contributed by atoms with E-state index in [0.29, 0.717) is 33.0 Å². The van der Waals surface area contributed by atoms with Gasteiger partial charge in [0.05, 0.1) is 10.7 Å². The van der Waals surface area contributed by atoms with Gasteiger partial charge >= 0.3 is 0 Å². The lowest BCUT2D eigenvalue weighted by Gasteiger charge is -2.06. The van der Waals surface area contributed by atoms with Gasteiger partial charge in [0.2, 0.25) is 0 Å². The molecule has 3 rings (SSSR count). The van der Waals surface area contributed by atoms with Crippen LogP contribution in [0.25, 0.3) is 0 Å². The molecule has 0 bridgehead atoms. The van der Waals surface area contributed by atoms with Gasteiger partial charge < -0.3 is 10.1 Å². The Hall–Kier alpha value is -2.08. The van der Waals surface area contributed by atoms with E-state index in [1.54, 1.807) is 23.6 Å². The normalized spacial score (nSPS) is 10.5. The van der Waals surface area contributed by atoms with Gasteiger partial charge in [-0.2, -0.15) is 0 Å². The SMILES string of the molecule is Cc1ccc(OCc2nc(C(=O)Nc3cc(Cl)ccc3Cl)cs2)cc1. The number of carbonyl (C=O) groups is 1. The predicted octanol–water partition coefficient (Wildman–Crippen LogP) is 5.59. The lowest BCUT2D eigenvalue weighted by Crippen LogP contribution is -2.13. The molecule has 0 radical (unpaired) electrons. The summed E-state index contributed by atoms with van der Waals surface area (Å²) in [5.41, 5.74) is 1.92. The van der Waals surface area contributed by atoms with Crippen LogP contribution in [-0.4, -0.2) is 10.9 Å². The van der Waals surface area contributed by atoms with Crippen molar-refractivity contribution in [3.8, 4) is 5.75 Å². The number of carbonyl (C=O) groups excluding carboxylic acids is 1. The summed E-state index contributed by atoms with van der Waals surface area (Å²) in [7, 11) is 0. The molecular formula is C18H14Cl2N2O2S. The van der Waals surface area contributed by atoms with Crippen molar-refractivity contribution in [3.05, 3.63) is 74.2 Å². The van der Waals surface area contributed by atoms with Gasteiger partial charge in [0.15, 0.2) is 0 Å². The molecule has 0 saturated heterocycles. The monoisotopic (exact) mass is 392 g/mol. The Bertz CT molecular complexity index is 894. The minimum Gasteiger partial charge on any atom is -0.486 e. The molecule has 1 amide bonds. The Morgan fingerprint density at radius 1 is 1.20 bits per heavy atom. The van der Waals surface area contributed by atoms with E-state index in [-0.39, 0.29) is 5.91 Å². The Labute approximate surface area is 159 Å². The first-order valence-electron chi connectivity index (χ1n) is 7.41. The number of halogens is 2. The van der Waals surface area contributed by atoms with Crippen LogP contribution in [0.15, 0.2) is 47.8 Å². The first-order chi connectivity index (χ1) is 12.0. The Balaban J connectivity index is 1.63. The lowest BCUT2D eigenvalue weighted by atomic mass is 10.2. The number of nitrogens with one attached hydrogen (secondary N) is 1. The van der Waals surface area contributed by atoms with E-state index in [2.05, 4.69) is 10.3 Å². The van der Waals surface area contributed by atoms with Crippen molar-refractivity contribution >= 4 is 46.1 Å². The fourth-order valence-electron chi connectivity index (χ4n) is 2.04. The van der Waals surface area contributed by atoms with E-state index in [9.17, 15) is 4.79 Å². The third-order valence-corrected chi connectivity index (χ3v) is 4.73. The molecule has 0 spiro atoms. The van der Waals surface area contributed by atoms with Gasteiger partial charge in [0.25, 0.3) is 5.91 Å². The van der Waals surface area contributed by atoms with Gasteiger partial charge in [-0.05, 0) is 37.3 Å². The van der Waals surface area contributed by atoms with Crippen LogP contribution in [0.3, 0.4) is 0 Å². The number of amides is 1. The third kappa shape index (κ3) is 4.72. The highest BCUT2D eigenvalue weighted by Gasteiger charge is 2.13. The number of benzene rings is 2. The van der Waals surface area contributed by atoms with Gasteiger partial charge in [-0.1, -0.05) is 40.9 Å². The molecule has 1 heterocycles. The summed E-state index contributed by atoms with van der Waals surface area (Å²) in [5.74, 6) is 0.416. The van der Waals surface area contributed by atoms with Crippen molar-refractivity contribution in [1.29, 1.82) is 0 Å². The number of aromatic nitrogens is 1. The molecule has 0 unspecified atom stereocenters. The van der Waals surface area contributed by atoms with Gasteiger partial charge in [-0.25, -0.2) is 4.98 Å². The quantitative estimate of drug-likeness (QED) is 0.615. The third-order valence-electron chi connectivity index (χ3n) is 3.34. The zero-order valence-electron chi connectivity index (χ0n) is 13.3. The Kier molecular flexibility index (Phi) is 5.58. The highest BCUT2D eigenvalue weighted by molar-refractivity contribution is 7.09. The van der Waals surface area contributed by atoms with Gasteiger partial charge in [-0.15, -0.1) is 11.3 Å². The first-order valence-corrected chi connectivity index (χ1v) is 9.05. The minimum absolute atomic E-state index is 0.304. The average molecular weight is 393 g/mol. The first kappa shape index (κ1) is 17.7. The molecule has 0 aliphatic heterocycles. The Morgan fingerprint density at radius 3 is 2.72 bits per heavy atom. The van der Waals surface area contributed by atoms with E-state index in [4.69, 9.17) is 27.9 Å². The molecule has 25 heavy (non-hydrogen) atoms. The molecular weight excluding hydrogens is 379 g/mol. The second-order valence-electron chi connectivity index (χ2n) is 5.31. The van der Waals surface area contributed by atoms with E-state index >= 15 is 0 Å². The smallest absolute Gasteiger partial charge is 0.275 e. The number of hydrogen-bond acceptors (Lipinski definition) is 4. The number of anilines is 1. The molecule has 128 valence electrons. The maximum atomic E-state index is 12.3. The van der Waals surface area contributed by atoms with E-state index < -0.39 is 0 Å². The van der Waals surface area contributed by atoms with Crippen molar-refractivity contribution in [3.63, 3.8) is 0 Å². The van der Waals surface area contributed by atoms with Crippen LogP contribution in [0.1, 0.15) is 21.1 Å². The molecule has 7 heteroatoms. The number of ether oxygens (including phenoxy) is 1. The summed E-state index contributed by atoms with van der Waals surface area (Å²) in [6.07, 6.45) is 0. The van der Waals surface area contributed by atoms with Crippen molar-refractivity contribution in [2.24, 2.45) is 0 Å². The molecule has 1 N–H and O–H groups in total. The second-order valence-corrected chi connectivity index (χ2v) is 7.09. The molecule has 0 aliphatic carbocycles. The van der Waals surface area contributed by atoms with Crippen LogP contribution < -0.4 is 10.1 Å². The number of nitrogens with zero attached hydrogens (tertiary/aromatic N) is 1. The fraction of sp³-hybridized carbons (Fsp3) is 0.111. The van der Waals surface area contributed by atoms with Gasteiger partial charge in [-0.3, -0.25) is 4.79 Å². The zero-order chi connectivity index (χ0) is 17.8. The molecule has 0 aliphatic rings.